The van der Waals surface area contributed by atoms with Crippen molar-refractivity contribution in [3.05, 3.63) is 24.0 Å². The van der Waals surface area contributed by atoms with Gasteiger partial charge in [0.25, 0.3) is 0 Å². The Hall–Kier alpha value is -0.760. The maximum atomic E-state index is 3.34. The van der Waals surface area contributed by atoms with Gasteiger partial charge in [-0.3, -0.25) is 0 Å². The molecule has 0 bridgehead atoms. The Morgan fingerprint density at radius 3 is 2.91 bits per heavy atom. The van der Waals surface area contributed by atoms with Crippen molar-refractivity contribution in [2.45, 2.75) is 18.9 Å². The second-order valence-corrected chi connectivity index (χ2v) is 3.23. The molecule has 1 saturated carbocycles. The van der Waals surface area contributed by atoms with Crippen molar-refractivity contribution in [2.75, 3.05) is 7.05 Å². The molecule has 1 aliphatic rings. The van der Waals surface area contributed by atoms with Crippen LogP contribution in [0.3, 0.4) is 0 Å². The molecule has 2 rings (SSSR count). The van der Waals surface area contributed by atoms with Gasteiger partial charge in [-0.25, -0.2) is 0 Å². The molecule has 1 unspecified atom stereocenters. The third-order valence-electron chi connectivity index (χ3n) is 2.36. The fraction of sp³-hybridized carbons (Fsp3) is 0.556. The van der Waals surface area contributed by atoms with E-state index < -0.39 is 0 Å². The van der Waals surface area contributed by atoms with Crippen molar-refractivity contribution >= 4 is 0 Å². The summed E-state index contributed by atoms with van der Waals surface area (Å²) >= 11 is 0. The molecule has 0 spiro atoms. The maximum absolute atomic E-state index is 3.34. The first kappa shape index (κ1) is 6.92. The van der Waals surface area contributed by atoms with Gasteiger partial charge in [0.1, 0.15) is 0 Å². The molecule has 2 nitrogen and oxygen atoms in total. The summed E-state index contributed by atoms with van der Waals surface area (Å²) in [5.41, 5.74) is 1.33. The van der Waals surface area contributed by atoms with Gasteiger partial charge < -0.3 is 10.3 Å². The highest BCUT2D eigenvalue weighted by Gasteiger charge is 2.31. The van der Waals surface area contributed by atoms with Gasteiger partial charge in [-0.2, -0.15) is 0 Å². The van der Waals surface area contributed by atoms with E-state index in [4.69, 9.17) is 0 Å². The second-order valence-electron chi connectivity index (χ2n) is 3.23. The summed E-state index contributed by atoms with van der Waals surface area (Å²) in [4.78, 5) is 3.25. The molecule has 2 N–H and O–H groups in total. The van der Waals surface area contributed by atoms with Crippen molar-refractivity contribution in [1.82, 2.24) is 10.3 Å². The molecule has 1 aromatic heterocycles. The van der Waals surface area contributed by atoms with Gasteiger partial charge in [0.15, 0.2) is 0 Å². The van der Waals surface area contributed by atoms with Crippen LogP contribution in [0.15, 0.2) is 18.3 Å². The molecular formula is C9H14N2. The van der Waals surface area contributed by atoms with Gasteiger partial charge in [-0.1, -0.05) is 0 Å². The highest BCUT2D eigenvalue weighted by atomic mass is 14.9. The monoisotopic (exact) mass is 150 g/mol. The molecule has 1 fully saturated rings. The average molecular weight is 150 g/mol. The van der Waals surface area contributed by atoms with Crippen LogP contribution in [0.1, 0.15) is 24.6 Å². The van der Waals surface area contributed by atoms with E-state index in [0.717, 1.165) is 5.92 Å². The van der Waals surface area contributed by atoms with Gasteiger partial charge in [-0.15, -0.1) is 0 Å². The zero-order valence-electron chi connectivity index (χ0n) is 6.80. The molecule has 0 aromatic carbocycles. The minimum atomic E-state index is 0.560. The van der Waals surface area contributed by atoms with E-state index in [0.29, 0.717) is 6.04 Å². The number of aromatic nitrogens is 1. The summed E-state index contributed by atoms with van der Waals surface area (Å²) in [6.45, 7) is 0. The minimum Gasteiger partial charge on any atom is -0.364 e. The Bertz CT molecular complexity index is 211. The SMILES string of the molecule is CNC(c1ccc[nH]1)C1CC1. The Morgan fingerprint density at radius 2 is 2.45 bits per heavy atom. The molecule has 2 heteroatoms. The minimum absolute atomic E-state index is 0.560. The summed E-state index contributed by atoms with van der Waals surface area (Å²) < 4.78 is 0. The number of nitrogens with one attached hydrogen (secondary N) is 2. The molecule has 0 saturated heterocycles. The number of aromatic amines is 1. The third-order valence-corrected chi connectivity index (χ3v) is 2.36. The molecule has 1 heterocycles. The Morgan fingerprint density at radius 1 is 1.64 bits per heavy atom. The van der Waals surface area contributed by atoms with Crippen molar-refractivity contribution in [2.24, 2.45) is 5.92 Å². The number of H-pyrrole nitrogens is 1. The highest BCUT2D eigenvalue weighted by molar-refractivity contribution is 5.12. The third kappa shape index (κ3) is 1.31. The summed E-state index contributed by atoms with van der Waals surface area (Å²) in [5.74, 6) is 0.874. The van der Waals surface area contributed by atoms with E-state index >= 15 is 0 Å². The zero-order valence-corrected chi connectivity index (χ0v) is 6.80. The average Bonchev–Trinajstić information content (AvgIpc) is 2.68. The van der Waals surface area contributed by atoms with Gasteiger partial charge in [-0.05, 0) is 37.9 Å². The van der Waals surface area contributed by atoms with Gasteiger partial charge >= 0.3 is 0 Å². The van der Waals surface area contributed by atoms with Gasteiger partial charge in [0.2, 0.25) is 0 Å². The van der Waals surface area contributed by atoms with Crippen LogP contribution < -0.4 is 5.32 Å². The lowest BCUT2D eigenvalue weighted by atomic mass is 10.1. The predicted molar refractivity (Wildman–Crippen MR) is 45.3 cm³/mol. The van der Waals surface area contributed by atoms with Crippen molar-refractivity contribution in [3.8, 4) is 0 Å². The number of hydrogen-bond acceptors (Lipinski definition) is 1. The van der Waals surface area contributed by atoms with E-state index in [2.05, 4.69) is 22.4 Å². The molecule has 1 aliphatic carbocycles. The van der Waals surface area contributed by atoms with Crippen molar-refractivity contribution in [1.29, 1.82) is 0 Å². The smallest absolute Gasteiger partial charge is 0.0498 e. The van der Waals surface area contributed by atoms with Crippen LogP contribution in [0, 0.1) is 5.92 Å². The summed E-state index contributed by atoms with van der Waals surface area (Å²) in [5, 5.41) is 3.34. The van der Waals surface area contributed by atoms with Crippen LogP contribution in [0.2, 0.25) is 0 Å². The largest absolute Gasteiger partial charge is 0.364 e. The first-order valence-electron chi connectivity index (χ1n) is 4.22. The lowest BCUT2D eigenvalue weighted by molar-refractivity contribution is 0.518. The predicted octanol–water partition coefficient (Wildman–Crippen LogP) is 1.69. The Kier molecular flexibility index (Phi) is 1.70. The van der Waals surface area contributed by atoms with Crippen LogP contribution in [-0.2, 0) is 0 Å². The lowest BCUT2D eigenvalue weighted by Gasteiger charge is -2.12. The zero-order chi connectivity index (χ0) is 7.68. The van der Waals surface area contributed by atoms with E-state index in [-0.39, 0.29) is 0 Å². The Balaban J connectivity index is 2.11. The van der Waals surface area contributed by atoms with Gasteiger partial charge in [0, 0.05) is 17.9 Å². The topological polar surface area (TPSA) is 27.8 Å². The van der Waals surface area contributed by atoms with Crippen LogP contribution >= 0.6 is 0 Å². The molecule has 1 atom stereocenters. The van der Waals surface area contributed by atoms with E-state index in [9.17, 15) is 0 Å². The van der Waals surface area contributed by atoms with Gasteiger partial charge in [0.05, 0.1) is 0 Å². The van der Waals surface area contributed by atoms with Crippen LogP contribution in [0.25, 0.3) is 0 Å². The summed E-state index contributed by atoms with van der Waals surface area (Å²) in [6.07, 6.45) is 4.75. The normalized spacial score (nSPS) is 20.1. The van der Waals surface area contributed by atoms with Crippen LogP contribution in [0.4, 0.5) is 0 Å². The quantitative estimate of drug-likeness (QED) is 0.674. The molecule has 60 valence electrons. The fourth-order valence-corrected chi connectivity index (χ4v) is 1.61. The fourth-order valence-electron chi connectivity index (χ4n) is 1.61. The standard InChI is InChI=1S/C9H14N2/c1-10-9(7-4-5-7)8-3-2-6-11-8/h2-3,6-7,9-11H,4-5H2,1H3. The van der Waals surface area contributed by atoms with E-state index in [1.165, 1.54) is 18.5 Å². The Labute approximate surface area is 67.0 Å². The van der Waals surface area contributed by atoms with E-state index in [1.54, 1.807) is 0 Å². The summed E-state index contributed by atoms with van der Waals surface area (Å²) in [7, 11) is 2.03. The first-order chi connectivity index (χ1) is 5.42. The molecule has 0 amide bonds. The first-order valence-corrected chi connectivity index (χ1v) is 4.22. The molecule has 11 heavy (non-hydrogen) atoms. The molecule has 1 aromatic rings. The summed E-state index contributed by atoms with van der Waals surface area (Å²) in [6, 6.07) is 4.77. The van der Waals surface area contributed by atoms with Crippen LogP contribution in [-0.4, -0.2) is 12.0 Å². The number of hydrogen-bond donors (Lipinski definition) is 2. The van der Waals surface area contributed by atoms with Crippen LogP contribution in [0.5, 0.6) is 0 Å². The van der Waals surface area contributed by atoms with Crippen molar-refractivity contribution in [3.63, 3.8) is 0 Å². The molecule has 0 aliphatic heterocycles. The van der Waals surface area contributed by atoms with Crippen molar-refractivity contribution < 1.29 is 0 Å². The molecule has 0 radical (unpaired) electrons. The highest BCUT2D eigenvalue weighted by Crippen LogP contribution is 2.39. The number of rotatable bonds is 3. The lowest BCUT2D eigenvalue weighted by Crippen LogP contribution is -2.18. The maximum Gasteiger partial charge on any atom is 0.0498 e. The van der Waals surface area contributed by atoms with E-state index in [1.807, 2.05) is 13.2 Å². The molecular weight excluding hydrogens is 136 g/mol. The second kappa shape index (κ2) is 2.70.